The molecule has 0 aliphatic heterocycles. The van der Waals surface area contributed by atoms with Gasteiger partial charge in [-0.2, -0.15) is 0 Å². The second kappa shape index (κ2) is 11.5. The molecule has 1 atom stereocenters. The molecule has 4 rings (SSSR count). The van der Waals surface area contributed by atoms with E-state index in [1.165, 1.54) is 28.5 Å². The number of anilines is 1. The Bertz CT molecular complexity index is 1360. The summed E-state index contributed by atoms with van der Waals surface area (Å²) >= 11 is 0. The highest BCUT2D eigenvalue weighted by Crippen LogP contribution is 2.29. The van der Waals surface area contributed by atoms with E-state index < -0.39 is 11.4 Å². The van der Waals surface area contributed by atoms with E-state index in [0.29, 0.717) is 29.7 Å². The molecule has 1 aliphatic carbocycles. The second-order valence-electron chi connectivity index (χ2n) is 9.56. The topological polar surface area (TPSA) is 93.1 Å². The summed E-state index contributed by atoms with van der Waals surface area (Å²) in [5.41, 5.74) is 3.29. The summed E-state index contributed by atoms with van der Waals surface area (Å²) in [6, 6.07) is 12.2. The van der Waals surface area contributed by atoms with Crippen LogP contribution in [0.5, 0.6) is 0 Å². The molecular weight excluding hydrogens is 471 g/mol. The van der Waals surface area contributed by atoms with Crippen molar-refractivity contribution in [2.75, 3.05) is 5.32 Å². The lowest BCUT2D eigenvalue weighted by Crippen LogP contribution is -2.38. The quantitative estimate of drug-likeness (QED) is 0.455. The summed E-state index contributed by atoms with van der Waals surface area (Å²) in [6.45, 7) is 5.29. The van der Waals surface area contributed by atoms with Crippen molar-refractivity contribution in [2.24, 2.45) is 5.92 Å². The van der Waals surface area contributed by atoms with Crippen LogP contribution in [-0.2, 0) is 22.6 Å². The fraction of sp³-hybridized carbons (Fsp3) is 0.379. The molecule has 1 aliphatic rings. The summed E-state index contributed by atoms with van der Waals surface area (Å²) in [6.07, 6.45) is 5.47. The number of hydrogen-bond acceptors (Lipinski definition) is 4. The third-order valence-electron chi connectivity index (χ3n) is 7.12. The minimum atomic E-state index is -0.584. The average molecular weight is 505 g/mol. The lowest BCUT2D eigenvalue weighted by Gasteiger charge is -2.26. The van der Waals surface area contributed by atoms with E-state index in [1.54, 1.807) is 13.0 Å². The number of nitrogens with zero attached hydrogens (tertiary/aromatic N) is 2. The molecule has 0 unspecified atom stereocenters. The standard InChI is InChI=1S/C29H33FN4O3/c1-4-19(5-2)28(36)33-27-29(37)34(25(16-31-27)22-14-13-21(30)15-18(22)3)17-26(35)32-24-12-8-10-20-9-6-7-11-23(20)24/h6-7,9,11,13-16,19,24H,4-5,8,10,12,17H2,1-3H3,(H,32,35)(H,31,33,36)/t24-/m1/s1. The second-order valence-corrected chi connectivity index (χ2v) is 9.56. The highest BCUT2D eigenvalue weighted by Gasteiger charge is 2.24. The van der Waals surface area contributed by atoms with Crippen molar-refractivity contribution in [1.82, 2.24) is 14.9 Å². The van der Waals surface area contributed by atoms with E-state index in [4.69, 9.17) is 0 Å². The molecule has 1 heterocycles. The molecule has 0 radical (unpaired) electrons. The van der Waals surface area contributed by atoms with Gasteiger partial charge in [0, 0.05) is 11.5 Å². The molecule has 7 nitrogen and oxygen atoms in total. The van der Waals surface area contributed by atoms with Crippen molar-refractivity contribution < 1.29 is 14.0 Å². The number of aryl methyl sites for hydroxylation is 2. The Morgan fingerprint density at radius 3 is 2.65 bits per heavy atom. The van der Waals surface area contributed by atoms with Gasteiger partial charge in [-0.1, -0.05) is 38.1 Å². The highest BCUT2D eigenvalue weighted by molar-refractivity contribution is 5.91. The van der Waals surface area contributed by atoms with Crippen LogP contribution in [0.3, 0.4) is 0 Å². The molecule has 0 saturated carbocycles. The molecule has 37 heavy (non-hydrogen) atoms. The molecule has 0 spiro atoms. The number of amides is 2. The van der Waals surface area contributed by atoms with E-state index in [-0.39, 0.29) is 36.1 Å². The minimum Gasteiger partial charge on any atom is -0.348 e. The average Bonchev–Trinajstić information content (AvgIpc) is 2.88. The Kier molecular flexibility index (Phi) is 8.16. The van der Waals surface area contributed by atoms with Gasteiger partial charge in [0.15, 0.2) is 5.82 Å². The van der Waals surface area contributed by atoms with Gasteiger partial charge in [0.05, 0.1) is 17.9 Å². The number of benzene rings is 2. The van der Waals surface area contributed by atoms with Crippen LogP contribution < -0.4 is 16.2 Å². The van der Waals surface area contributed by atoms with Crippen molar-refractivity contribution >= 4 is 17.6 Å². The number of halogens is 1. The zero-order valence-electron chi connectivity index (χ0n) is 21.5. The third kappa shape index (κ3) is 5.79. The largest absolute Gasteiger partial charge is 0.348 e. The minimum absolute atomic E-state index is 0.128. The lowest BCUT2D eigenvalue weighted by molar-refractivity contribution is -0.122. The van der Waals surface area contributed by atoms with Gasteiger partial charge in [0.25, 0.3) is 5.56 Å². The van der Waals surface area contributed by atoms with Crippen LogP contribution in [0.25, 0.3) is 11.3 Å². The summed E-state index contributed by atoms with van der Waals surface area (Å²) in [4.78, 5) is 43.7. The zero-order valence-corrected chi connectivity index (χ0v) is 21.5. The lowest BCUT2D eigenvalue weighted by atomic mass is 9.88. The van der Waals surface area contributed by atoms with Crippen LogP contribution in [0.15, 0.2) is 53.5 Å². The van der Waals surface area contributed by atoms with Gasteiger partial charge in [-0.25, -0.2) is 9.37 Å². The molecule has 0 fully saturated rings. The zero-order chi connectivity index (χ0) is 26.5. The molecule has 1 aromatic heterocycles. The third-order valence-corrected chi connectivity index (χ3v) is 7.12. The van der Waals surface area contributed by atoms with Gasteiger partial charge in [-0.3, -0.25) is 19.0 Å². The van der Waals surface area contributed by atoms with Gasteiger partial charge in [-0.05, 0) is 73.9 Å². The van der Waals surface area contributed by atoms with Crippen LogP contribution in [0.4, 0.5) is 10.2 Å². The SMILES string of the molecule is CCC(CC)C(=O)Nc1ncc(-c2ccc(F)cc2C)n(CC(=O)N[C@@H]2CCCc3ccccc32)c1=O. The number of carbonyl (C=O) groups excluding carboxylic acids is 2. The Morgan fingerprint density at radius 1 is 1.16 bits per heavy atom. The van der Waals surface area contributed by atoms with Gasteiger partial charge < -0.3 is 10.6 Å². The number of aromatic nitrogens is 2. The van der Waals surface area contributed by atoms with Crippen LogP contribution in [0.2, 0.25) is 0 Å². The van der Waals surface area contributed by atoms with Crippen LogP contribution in [0, 0.1) is 18.7 Å². The Hall–Kier alpha value is -3.81. The van der Waals surface area contributed by atoms with Crippen molar-refractivity contribution in [3.05, 3.63) is 81.5 Å². The molecular formula is C29H33FN4O3. The normalized spacial score (nSPS) is 14.8. The van der Waals surface area contributed by atoms with Crippen molar-refractivity contribution in [3.63, 3.8) is 0 Å². The molecule has 0 bridgehead atoms. The van der Waals surface area contributed by atoms with E-state index in [1.807, 2.05) is 32.0 Å². The summed E-state index contributed by atoms with van der Waals surface area (Å²) in [7, 11) is 0. The fourth-order valence-corrected chi connectivity index (χ4v) is 5.03. The van der Waals surface area contributed by atoms with Gasteiger partial charge >= 0.3 is 0 Å². The van der Waals surface area contributed by atoms with Gasteiger partial charge in [0.1, 0.15) is 12.4 Å². The summed E-state index contributed by atoms with van der Waals surface area (Å²) in [5, 5.41) is 5.73. The summed E-state index contributed by atoms with van der Waals surface area (Å²) < 4.78 is 15.1. The molecule has 194 valence electrons. The maximum Gasteiger partial charge on any atom is 0.294 e. The van der Waals surface area contributed by atoms with E-state index in [0.717, 1.165) is 24.8 Å². The van der Waals surface area contributed by atoms with E-state index >= 15 is 0 Å². The van der Waals surface area contributed by atoms with Crippen molar-refractivity contribution in [2.45, 2.75) is 65.5 Å². The van der Waals surface area contributed by atoms with Gasteiger partial charge in [-0.15, -0.1) is 0 Å². The van der Waals surface area contributed by atoms with Crippen molar-refractivity contribution in [1.29, 1.82) is 0 Å². The van der Waals surface area contributed by atoms with E-state index in [2.05, 4.69) is 21.7 Å². The van der Waals surface area contributed by atoms with Crippen LogP contribution in [0.1, 0.15) is 62.3 Å². The van der Waals surface area contributed by atoms with E-state index in [9.17, 15) is 18.8 Å². The molecule has 2 N–H and O–H groups in total. The number of nitrogens with one attached hydrogen (secondary N) is 2. The Labute approximate surface area is 216 Å². The smallest absolute Gasteiger partial charge is 0.294 e. The Balaban J connectivity index is 1.68. The first-order valence-electron chi connectivity index (χ1n) is 12.9. The molecule has 8 heteroatoms. The van der Waals surface area contributed by atoms with Gasteiger partial charge in [0.2, 0.25) is 11.8 Å². The maximum atomic E-state index is 13.8. The van der Waals surface area contributed by atoms with Crippen LogP contribution >= 0.6 is 0 Å². The maximum absolute atomic E-state index is 13.8. The predicted molar refractivity (Wildman–Crippen MR) is 142 cm³/mol. The number of carbonyl (C=O) groups is 2. The number of hydrogen-bond donors (Lipinski definition) is 2. The molecule has 2 amide bonds. The predicted octanol–water partition coefficient (Wildman–Crippen LogP) is 4.93. The summed E-state index contributed by atoms with van der Waals surface area (Å²) in [5.74, 6) is -1.38. The molecule has 0 saturated heterocycles. The van der Waals surface area contributed by atoms with Crippen LogP contribution in [-0.4, -0.2) is 21.4 Å². The molecule has 3 aromatic rings. The first-order chi connectivity index (χ1) is 17.8. The first-order valence-corrected chi connectivity index (χ1v) is 12.9. The number of fused-ring (bicyclic) bond motifs is 1. The Morgan fingerprint density at radius 2 is 1.92 bits per heavy atom. The number of rotatable bonds is 8. The van der Waals surface area contributed by atoms with Crippen molar-refractivity contribution in [3.8, 4) is 11.3 Å². The fourth-order valence-electron chi connectivity index (χ4n) is 5.03. The first kappa shape index (κ1) is 26.3. The monoisotopic (exact) mass is 504 g/mol. The highest BCUT2D eigenvalue weighted by atomic mass is 19.1. The molecule has 2 aromatic carbocycles.